The minimum Gasteiger partial charge on any atom is -0.394 e. The van der Waals surface area contributed by atoms with E-state index in [9.17, 15) is 24.9 Å². The summed E-state index contributed by atoms with van der Waals surface area (Å²) in [4.78, 5) is 43.2. The number of H-pyrrole nitrogens is 1. The summed E-state index contributed by atoms with van der Waals surface area (Å²) in [6.07, 6.45) is 12.7. The summed E-state index contributed by atoms with van der Waals surface area (Å²) in [5, 5.41) is 37.6. The molecule has 4 heterocycles. The van der Waals surface area contributed by atoms with E-state index in [1.165, 1.54) is 68.4 Å². The number of rotatable bonds is 18. The number of aromatic amines is 1. The fourth-order valence-corrected chi connectivity index (χ4v) is 6.67. The number of carbonyl (C=O) groups is 2. The summed E-state index contributed by atoms with van der Waals surface area (Å²) < 4.78 is 7.12. The van der Waals surface area contributed by atoms with Crippen molar-refractivity contribution in [2.45, 2.75) is 127 Å². The van der Waals surface area contributed by atoms with Crippen LogP contribution in [-0.2, 0) is 14.3 Å². The second-order valence-electron chi connectivity index (χ2n) is 11.8. The smallest absolute Gasteiger partial charge is 0.243 e. The number of amides is 2. The van der Waals surface area contributed by atoms with Crippen LogP contribution in [0, 0.1) is 0 Å². The van der Waals surface area contributed by atoms with Crippen LogP contribution in [0.2, 0.25) is 0 Å². The van der Waals surface area contributed by atoms with Gasteiger partial charge in [-0.15, -0.1) is 0 Å². The first-order valence-electron chi connectivity index (χ1n) is 16.1. The zero-order valence-corrected chi connectivity index (χ0v) is 27.5. The van der Waals surface area contributed by atoms with E-state index in [1.807, 2.05) is 0 Å². The van der Waals surface area contributed by atoms with E-state index in [-0.39, 0.29) is 5.91 Å². The fraction of sp³-hybridized carbons (Fsp3) is 0.767. The summed E-state index contributed by atoms with van der Waals surface area (Å²) in [6.45, 7) is -0.000299. The molecule has 14 heteroatoms. The maximum Gasteiger partial charge on any atom is 0.243 e. The second-order valence-corrected chi connectivity index (χ2v) is 12.9. The highest BCUT2D eigenvalue weighted by molar-refractivity contribution is 14.1. The van der Waals surface area contributed by atoms with Crippen LogP contribution < -0.4 is 10.6 Å². The predicted octanol–water partition coefficient (Wildman–Crippen LogP) is 2.80. The topological polar surface area (TPSA) is 186 Å². The highest BCUT2D eigenvalue weighted by atomic mass is 127. The van der Waals surface area contributed by atoms with Gasteiger partial charge in [-0.05, 0) is 30.1 Å². The molecule has 0 spiro atoms. The molecule has 0 radical (unpaired) electrons. The van der Waals surface area contributed by atoms with Gasteiger partial charge in [-0.3, -0.25) is 9.59 Å². The predicted molar refractivity (Wildman–Crippen MR) is 174 cm³/mol. The Labute approximate surface area is 272 Å². The Morgan fingerprint density at radius 3 is 2.34 bits per heavy atom. The molecule has 6 N–H and O–H groups in total. The average molecular weight is 730 g/mol. The van der Waals surface area contributed by atoms with Crippen LogP contribution in [0.4, 0.5) is 5.82 Å². The molecule has 2 fully saturated rings. The summed E-state index contributed by atoms with van der Waals surface area (Å²) in [5.74, 6) is -0.159. The van der Waals surface area contributed by atoms with Crippen molar-refractivity contribution in [3.05, 3.63) is 12.7 Å². The van der Waals surface area contributed by atoms with Crippen molar-refractivity contribution in [1.82, 2.24) is 30.2 Å². The number of unbranched alkanes of at least 4 members (excludes halogenated alkanes) is 10. The van der Waals surface area contributed by atoms with Crippen molar-refractivity contribution in [1.29, 1.82) is 0 Å². The highest BCUT2D eigenvalue weighted by Gasteiger charge is 2.46. The average Bonchev–Trinajstić information content (AvgIpc) is 3.72. The van der Waals surface area contributed by atoms with E-state index in [2.05, 4.69) is 53.2 Å². The molecule has 2 saturated heterocycles. The van der Waals surface area contributed by atoms with Gasteiger partial charge in [-0.2, -0.15) is 0 Å². The number of carbonyl (C=O) groups excluding carboxylic acids is 2. The number of ether oxygens (including phenoxy) is 1. The van der Waals surface area contributed by atoms with Crippen LogP contribution in [0.25, 0.3) is 11.2 Å². The Hall–Kier alpha value is -2.14. The Bertz CT molecular complexity index is 1170. The largest absolute Gasteiger partial charge is 0.394 e. The molecular formula is C30H48IN7O6. The van der Waals surface area contributed by atoms with Gasteiger partial charge in [-0.1, -0.05) is 80.4 Å². The lowest BCUT2D eigenvalue weighted by Crippen LogP contribution is -2.67. The summed E-state index contributed by atoms with van der Waals surface area (Å²) >= 11 is 2.44. The number of aromatic nitrogens is 4. The number of aliphatic hydroxyl groups excluding tert-OH is 3. The number of likely N-dealkylation sites (tertiary alicyclic amines) is 1. The summed E-state index contributed by atoms with van der Waals surface area (Å²) in [7, 11) is 0. The molecule has 0 unspecified atom stereocenters. The molecule has 2 aromatic rings. The van der Waals surface area contributed by atoms with Crippen molar-refractivity contribution in [2.75, 3.05) is 22.9 Å². The molecule has 44 heavy (non-hydrogen) atoms. The fourth-order valence-electron chi connectivity index (χ4n) is 6.13. The standard InChI is InChI=1S/C30H48IN7O6/c31-15-11-9-7-5-3-1-2-4-6-8-10-14-22(40)38-16-12-13-20(38)29(43)36-23-21(17-39)44-30(26(42)25(23)41)37-28-24-27(33-18-32-24)34-19-35-28/h18-21,23,25-26,30,39,41-42H,1-17H2,(H,36,43)(H2,32,33,34,35,37)/t20-,21+,23+,25-,26+,30+/m1/s1. The van der Waals surface area contributed by atoms with Crippen molar-refractivity contribution >= 4 is 51.4 Å². The van der Waals surface area contributed by atoms with Gasteiger partial charge in [0.15, 0.2) is 17.7 Å². The molecule has 0 aromatic carbocycles. The van der Waals surface area contributed by atoms with E-state index in [0.29, 0.717) is 42.8 Å². The second kappa shape index (κ2) is 18.1. The third kappa shape index (κ3) is 9.44. The Morgan fingerprint density at radius 1 is 0.977 bits per heavy atom. The van der Waals surface area contributed by atoms with Gasteiger partial charge in [0.05, 0.1) is 19.0 Å². The number of nitrogens with zero attached hydrogens (tertiary/aromatic N) is 4. The van der Waals surface area contributed by atoms with Crippen LogP contribution in [0.1, 0.15) is 89.9 Å². The van der Waals surface area contributed by atoms with Crippen LogP contribution in [0.5, 0.6) is 0 Å². The van der Waals surface area contributed by atoms with E-state index < -0.39 is 49.1 Å². The number of anilines is 1. The van der Waals surface area contributed by atoms with Crippen LogP contribution in [0.15, 0.2) is 12.7 Å². The lowest BCUT2D eigenvalue weighted by atomic mass is 9.95. The molecule has 2 aromatic heterocycles. The third-order valence-corrected chi connectivity index (χ3v) is 9.40. The first-order valence-corrected chi connectivity index (χ1v) is 17.7. The third-order valence-electron chi connectivity index (χ3n) is 8.64. The monoisotopic (exact) mass is 729 g/mol. The number of imidazole rings is 1. The van der Waals surface area contributed by atoms with Gasteiger partial charge in [0.2, 0.25) is 11.8 Å². The first kappa shape index (κ1) is 34.7. The molecule has 6 atom stereocenters. The molecule has 0 bridgehead atoms. The number of hydrogen-bond donors (Lipinski definition) is 6. The normalized spacial score (nSPS) is 25.4. The summed E-state index contributed by atoms with van der Waals surface area (Å²) in [6, 6.07) is -1.74. The van der Waals surface area contributed by atoms with Crippen molar-refractivity contribution < 1.29 is 29.6 Å². The molecule has 4 rings (SSSR count). The molecule has 2 aliphatic rings. The summed E-state index contributed by atoms with van der Waals surface area (Å²) in [5.41, 5.74) is 0.898. The van der Waals surface area contributed by atoms with Gasteiger partial charge in [0.25, 0.3) is 0 Å². The Morgan fingerprint density at radius 2 is 1.66 bits per heavy atom. The highest BCUT2D eigenvalue weighted by Crippen LogP contribution is 2.26. The maximum atomic E-state index is 13.3. The zero-order chi connectivity index (χ0) is 31.3. The number of fused-ring (bicyclic) bond motifs is 1. The number of nitrogens with one attached hydrogen (secondary N) is 3. The van der Waals surface area contributed by atoms with E-state index in [0.717, 1.165) is 19.3 Å². The lowest BCUT2D eigenvalue weighted by Gasteiger charge is -2.43. The van der Waals surface area contributed by atoms with Gasteiger partial charge in [0.1, 0.15) is 36.2 Å². The molecule has 246 valence electrons. The number of alkyl halides is 1. The van der Waals surface area contributed by atoms with Gasteiger partial charge < -0.3 is 40.6 Å². The van der Waals surface area contributed by atoms with Crippen LogP contribution >= 0.6 is 22.6 Å². The lowest BCUT2D eigenvalue weighted by molar-refractivity contribution is -0.186. The van der Waals surface area contributed by atoms with Gasteiger partial charge in [-0.25, -0.2) is 15.0 Å². The minimum absolute atomic E-state index is 0.0347. The van der Waals surface area contributed by atoms with E-state index in [4.69, 9.17) is 4.74 Å². The first-order chi connectivity index (χ1) is 21.4. The minimum atomic E-state index is -1.46. The molecule has 2 amide bonds. The van der Waals surface area contributed by atoms with E-state index >= 15 is 0 Å². The molecule has 0 aliphatic carbocycles. The molecule has 13 nitrogen and oxygen atoms in total. The van der Waals surface area contributed by atoms with Crippen molar-refractivity contribution in [3.8, 4) is 0 Å². The van der Waals surface area contributed by atoms with Crippen LogP contribution in [-0.4, -0.2) is 106 Å². The maximum absolute atomic E-state index is 13.3. The van der Waals surface area contributed by atoms with E-state index in [1.54, 1.807) is 4.90 Å². The van der Waals surface area contributed by atoms with Gasteiger partial charge in [0, 0.05) is 13.0 Å². The quantitative estimate of drug-likeness (QED) is 0.0758. The Kier molecular flexibility index (Phi) is 14.3. The number of hydrogen-bond acceptors (Lipinski definition) is 10. The molecular weight excluding hydrogens is 681 g/mol. The zero-order valence-electron chi connectivity index (χ0n) is 25.4. The van der Waals surface area contributed by atoms with Crippen molar-refractivity contribution in [2.24, 2.45) is 0 Å². The van der Waals surface area contributed by atoms with Crippen LogP contribution in [0.3, 0.4) is 0 Å². The van der Waals surface area contributed by atoms with Gasteiger partial charge >= 0.3 is 0 Å². The number of halogens is 1. The molecule has 2 aliphatic heterocycles. The SMILES string of the molecule is O=C(N[C@@H]1[C@@H](O)[C@H](O)[C@@H](Nc2ncnc3nc[nH]c23)O[C@H]1CO)[C@H]1CCCN1C(=O)CCCCCCCCCCCCCI. The number of aliphatic hydroxyl groups is 3. The Balaban J connectivity index is 1.20. The molecule has 0 saturated carbocycles. The van der Waals surface area contributed by atoms with Crippen molar-refractivity contribution in [3.63, 3.8) is 0 Å².